The SMILES string of the molecule is CCCNC(=O)CCNc1cc(Cl)nc(COCC)n1. The Labute approximate surface area is 124 Å². The van der Waals surface area contributed by atoms with E-state index in [1.165, 1.54) is 0 Å². The Morgan fingerprint density at radius 2 is 2.15 bits per heavy atom. The van der Waals surface area contributed by atoms with Crippen molar-refractivity contribution < 1.29 is 9.53 Å². The molecular weight excluding hydrogens is 280 g/mol. The van der Waals surface area contributed by atoms with Crippen LogP contribution in [0, 0.1) is 0 Å². The molecule has 0 aromatic carbocycles. The highest BCUT2D eigenvalue weighted by Crippen LogP contribution is 2.12. The van der Waals surface area contributed by atoms with Crippen LogP contribution in [0.15, 0.2) is 6.07 Å². The van der Waals surface area contributed by atoms with Gasteiger partial charge in [0.2, 0.25) is 5.91 Å². The Bertz CT molecular complexity index is 429. The zero-order chi connectivity index (χ0) is 14.8. The Morgan fingerprint density at radius 3 is 2.85 bits per heavy atom. The van der Waals surface area contributed by atoms with E-state index in [1.54, 1.807) is 6.07 Å². The summed E-state index contributed by atoms with van der Waals surface area (Å²) in [6.07, 6.45) is 1.32. The summed E-state index contributed by atoms with van der Waals surface area (Å²) in [5.74, 6) is 1.15. The number of anilines is 1. The molecular formula is C13H21ClN4O2. The second-order valence-electron chi connectivity index (χ2n) is 4.16. The molecule has 0 aliphatic heterocycles. The fourth-order valence-electron chi connectivity index (χ4n) is 1.47. The molecule has 1 aromatic heterocycles. The first kappa shape index (κ1) is 16.7. The van der Waals surface area contributed by atoms with E-state index in [-0.39, 0.29) is 5.91 Å². The van der Waals surface area contributed by atoms with Crippen molar-refractivity contribution in [3.8, 4) is 0 Å². The van der Waals surface area contributed by atoms with Crippen molar-refractivity contribution in [1.29, 1.82) is 0 Å². The molecule has 20 heavy (non-hydrogen) atoms. The van der Waals surface area contributed by atoms with E-state index in [0.717, 1.165) is 6.42 Å². The number of hydrogen-bond acceptors (Lipinski definition) is 5. The smallest absolute Gasteiger partial charge is 0.221 e. The third-order valence-electron chi connectivity index (χ3n) is 2.41. The van der Waals surface area contributed by atoms with Crippen molar-refractivity contribution >= 4 is 23.3 Å². The number of carbonyl (C=O) groups is 1. The van der Waals surface area contributed by atoms with Crippen molar-refractivity contribution in [3.63, 3.8) is 0 Å². The predicted octanol–water partition coefficient (Wildman–Crippen LogP) is 1.99. The number of ether oxygens (including phenoxy) is 1. The van der Waals surface area contributed by atoms with Crippen LogP contribution in [0.1, 0.15) is 32.5 Å². The van der Waals surface area contributed by atoms with Gasteiger partial charge in [-0.1, -0.05) is 18.5 Å². The van der Waals surface area contributed by atoms with Gasteiger partial charge in [-0.05, 0) is 13.3 Å². The molecule has 6 nitrogen and oxygen atoms in total. The molecule has 0 aliphatic carbocycles. The Balaban J connectivity index is 2.42. The van der Waals surface area contributed by atoms with Gasteiger partial charge in [0.1, 0.15) is 17.6 Å². The minimum atomic E-state index is 0.0223. The van der Waals surface area contributed by atoms with E-state index >= 15 is 0 Å². The van der Waals surface area contributed by atoms with Crippen LogP contribution in [0.25, 0.3) is 0 Å². The number of rotatable bonds is 9. The normalized spacial score (nSPS) is 10.3. The first-order valence-electron chi connectivity index (χ1n) is 6.77. The molecule has 1 aromatic rings. The lowest BCUT2D eigenvalue weighted by Gasteiger charge is -2.08. The number of aromatic nitrogens is 2. The van der Waals surface area contributed by atoms with Gasteiger partial charge in [-0.2, -0.15) is 0 Å². The van der Waals surface area contributed by atoms with Gasteiger partial charge in [0.05, 0.1) is 0 Å². The molecule has 0 atom stereocenters. The first-order chi connectivity index (χ1) is 9.65. The van der Waals surface area contributed by atoms with Crippen molar-refractivity contribution in [2.24, 2.45) is 0 Å². The van der Waals surface area contributed by atoms with Gasteiger partial charge < -0.3 is 15.4 Å². The highest BCUT2D eigenvalue weighted by atomic mass is 35.5. The average molecular weight is 301 g/mol. The molecule has 2 N–H and O–H groups in total. The monoisotopic (exact) mass is 300 g/mol. The van der Waals surface area contributed by atoms with Gasteiger partial charge in [-0.25, -0.2) is 9.97 Å². The quantitative estimate of drug-likeness (QED) is 0.682. The molecule has 0 spiro atoms. The van der Waals surface area contributed by atoms with Crippen LogP contribution in [0.4, 0.5) is 5.82 Å². The molecule has 0 aliphatic rings. The molecule has 0 unspecified atom stereocenters. The number of carbonyl (C=O) groups excluding carboxylic acids is 1. The summed E-state index contributed by atoms with van der Waals surface area (Å²) in [5, 5.41) is 6.22. The first-order valence-corrected chi connectivity index (χ1v) is 7.15. The minimum absolute atomic E-state index is 0.0223. The highest BCUT2D eigenvalue weighted by molar-refractivity contribution is 6.29. The molecule has 0 saturated carbocycles. The lowest BCUT2D eigenvalue weighted by atomic mass is 10.3. The third-order valence-corrected chi connectivity index (χ3v) is 2.60. The van der Waals surface area contributed by atoms with Crippen LogP contribution in [0.2, 0.25) is 5.15 Å². The van der Waals surface area contributed by atoms with Crippen LogP contribution in [0.3, 0.4) is 0 Å². The summed E-state index contributed by atoms with van der Waals surface area (Å²) >= 11 is 5.91. The molecule has 0 bridgehead atoms. The second kappa shape index (κ2) is 9.50. The zero-order valence-corrected chi connectivity index (χ0v) is 12.7. The predicted molar refractivity (Wildman–Crippen MR) is 78.8 cm³/mol. The summed E-state index contributed by atoms with van der Waals surface area (Å²) < 4.78 is 5.24. The molecule has 1 amide bonds. The van der Waals surface area contributed by atoms with Crippen LogP contribution < -0.4 is 10.6 Å². The Hall–Kier alpha value is -1.40. The molecule has 0 radical (unpaired) electrons. The van der Waals surface area contributed by atoms with Crippen molar-refractivity contribution in [2.45, 2.75) is 33.3 Å². The van der Waals surface area contributed by atoms with E-state index in [0.29, 0.717) is 49.5 Å². The van der Waals surface area contributed by atoms with Gasteiger partial charge in [0, 0.05) is 32.2 Å². The maximum absolute atomic E-state index is 11.4. The van der Waals surface area contributed by atoms with E-state index in [9.17, 15) is 4.79 Å². The van der Waals surface area contributed by atoms with Crippen molar-refractivity contribution in [3.05, 3.63) is 17.0 Å². The van der Waals surface area contributed by atoms with Gasteiger partial charge in [-0.3, -0.25) is 4.79 Å². The molecule has 1 heterocycles. The number of amides is 1. The summed E-state index contributed by atoms with van der Waals surface area (Å²) in [6.45, 7) is 6.03. The summed E-state index contributed by atoms with van der Waals surface area (Å²) in [5.41, 5.74) is 0. The summed E-state index contributed by atoms with van der Waals surface area (Å²) in [6, 6.07) is 1.63. The van der Waals surface area contributed by atoms with Crippen molar-refractivity contribution in [2.75, 3.05) is 25.0 Å². The topological polar surface area (TPSA) is 76.1 Å². The number of nitrogens with zero attached hydrogens (tertiary/aromatic N) is 2. The molecule has 0 saturated heterocycles. The summed E-state index contributed by atoms with van der Waals surface area (Å²) in [4.78, 5) is 19.8. The van der Waals surface area contributed by atoms with Crippen LogP contribution in [-0.2, 0) is 16.1 Å². The largest absolute Gasteiger partial charge is 0.374 e. The van der Waals surface area contributed by atoms with E-state index in [2.05, 4.69) is 20.6 Å². The van der Waals surface area contributed by atoms with Crippen LogP contribution >= 0.6 is 11.6 Å². The minimum Gasteiger partial charge on any atom is -0.374 e. The standard InChI is InChI=1S/C13H21ClN4O2/c1-3-6-16-13(19)5-7-15-11-8-10(14)17-12(18-11)9-20-4-2/h8H,3-7,9H2,1-2H3,(H,16,19)(H,15,17,18). The Kier molecular flexibility index (Phi) is 7.91. The van der Waals surface area contributed by atoms with Gasteiger partial charge in [0.25, 0.3) is 0 Å². The molecule has 0 fully saturated rings. The summed E-state index contributed by atoms with van der Waals surface area (Å²) in [7, 11) is 0. The second-order valence-corrected chi connectivity index (χ2v) is 4.54. The number of nitrogens with one attached hydrogen (secondary N) is 2. The van der Waals surface area contributed by atoms with Crippen LogP contribution in [-0.4, -0.2) is 35.6 Å². The van der Waals surface area contributed by atoms with Crippen molar-refractivity contribution in [1.82, 2.24) is 15.3 Å². The lowest BCUT2D eigenvalue weighted by molar-refractivity contribution is -0.120. The highest BCUT2D eigenvalue weighted by Gasteiger charge is 2.04. The van der Waals surface area contributed by atoms with E-state index in [4.69, 9.17) is 16.3 Å². The maximum atomic E-state index is 11.4. The Morgan fingerprint density at radius 1 is 1.35 bits per heavy atom. The zero-order valence-electron chi connectivity index (χ0n) is 11.9. The van der Waals surface area contributed by atoms with Crippen LogP contribution in [0.5, 0.6) is 0 Å². The maximum Gasteiger partial charge on any atom is 0.221 e. The number of halogens is 1. The molecule has 1 rings (SSSR count). The molecule has 7 heteroatoms. The average Bonchev–Trinajstić information content (AvgIpc) is 2.42. The van der Waals surface area contributed by atoms with Gasteiger partial charge in [0.15, 0.2) is 5.82 Å². The fourth-order valence-corrected chi connectivity index (χ4v) is 1.67. The van der Waals surface area contributed by atoms with E-state index < -0.39 is 0 Å². The number of hydrogen-bond donors (Lipinski definition) is 2. The molecule has 112 valence electrons. The fraction of sp³-hybridized carbons (Fsp3) is 0.615. The third kappa shape index (κ3) is 6.68. The lowest BCUT2D eigenvalue weighted by Crippen LogP contribution is -2.26. The van der Waals surface area contributed by atoms with E-state index in [1.807, 2.05) is 13.8 Å². The van der Waals surface area contributed by atoms with Gasteiger partial charge >= 0.3 is 0 Å². The van der Waals surface area contributed by atoms with Gasteiger partial charge in [-0.15, -0.1) is 0 Å².